The zero-order chi connectivity index (χ0) is 17.1. The third-order valence-electron chi connectivity index (χ3n) is 4.66. The van der Waals surface area contributed by atoms with E-state index in [0.717, 1.165) is 42.2 Å². The molecule has 0 saturated carbocycles. The van der Waals surface area contributed by atoms with Crippen LogP contribution >= 0.6 is 0 Å². The second kappa shape index (κ2) is 7.20. The lowest BCUT2D eigenvalue weighted by Gasteiger charge is -2.32. The van der Waals surface area contributed by atoms with Gasteiger partial charge in [0.05, 0.1) is 0 Å². The molecule has 3 rings (SSSR count). The zero-order valence-electron chi connectivity index (χ0n) is 15.2. The summed E-state index contributed by atoms with van der Waals surface area (Å²) in [5.74, 6) is 4.00. The van der Waals surface area contributed by atoms with Gasteiger partial charge in [0.2, 0.25) is 0 Å². The number of aryl methyl sites for hydroxylation is 1. The van der Waals surface area contributed by atoms with E-state index in [1.165, 1.54) is 18.4 Å². The van der Waals surface area contributed by atoms with Gasteiger partial charge in [-0.05, 0) is 49.3 Å². The summed E-state index contributed by atoms with van der Waals surface area (Å²) < 4.78 is 0. The van der Waals surface area contributed by atoms with Gasteiger partial charge in [0.1, 0.15) is 17.5 Å². The molecule has 1 aromatic heterocycles. The van der Waals surface area contributed by atoms with E-state index in [-0.39, 0.29) is 0 Å². The van der Waals surface area contributed by atoms with Gasteiger partial charge in [0, 0.05) is 24.8 Å². The van der Waals surface area contributed by atoms with Gasteiger partial charge < -0.3 is 10.2 Å². The molecule has 1 atom stereocenters. The first-order valence-corrected chi connectivity index (χ1v) is 8.99. The van der Waals surface area contributed by atoms with Gasteiger partial charge in [0.15, 0.2) is 0 Å². The lowest BCUT2D eigenvalue weighted by atomic mass is 10.0. The highest BCUT2D eigenvalue weighted by Gasteiger charge is 2.18. The van der Waals surface area contributed by atoms with Gasteiger partial charge in [-0.15, -0.1) is 0 Å². The molecule has 2 heterocycles. The first-order valence-electron chi connectivity index (χ1n) is 8.99. The third-order valence-corrected chi connectivity index (χ3v) is 4.66. The highest BCUT2D eigenvalue weighted by Crippen LogP contribution is 2.25. The van der Waals surface area contributed by atoms with Crippen molar-refractivity contribution in [2.75, 3.05) is 23.3 Å². The predicted octanol–water partition coefficient (Wildman–Crippen LogP) is 4.89. The standard InChI is InChI=1S/C20H28N4/c1-14(2)17-7-9-18(10-8-17)23-19-12-20(22-16(4)21-19)24-11-5-6-15(3)13-24/h7-10,12,14-15H,5-6,11,13H2,1-4H3,(H,21,22,23). The lowest BCUT2D eigenvalue weighted by molar-refractivity contribution is 0.444. The van der Waals surface area contributed by atoms with E-state index in [1.54, 1.807) is 0 Å². The summed E-state index contributed by atoms with van der Waals surface area (Å²) in [5.41, 5.74) is 2.41. The Balaban J connectivity index is 1.78. The van der Waals surface area contributed by atoms with E-state index in [2.05, 4.69) is 71.3 Å². The van der Waals surface area contributed by atoms with Gasteiger partial charge in [-0.2, -0.15) is 0 Å². The zero-order valence-corrected chi connectivity index (χ0v) is 15.2. The van der Waals surface area contributed by atoms with Crippen molar-refractivity contribution >= 4 is 17.3 Å². The predicted molar refractivity (Wildman–Crippen MR) is 101 cm³/mol. The highest BCUT2D eigenvalue weighted by molar-refractivity contribution is 5.60. The number of anilines is 3. The Bertz CT molecular complexity index is 679. The van der Waals surface area contributed by atoms with Crippen LogP contribution in [-0.4, -0.2) is 23.1 Å². The topological polar surface area (TPSA) is 41.1 Å². The normalized spacial score (nSPS) is 18.0. The van der Waals surface area contributed by atoms with Crippen LogP contribution in [-0.2, 0) is 0 Å². The van der Waals surface area contributed by atoms with Crippen molar-refractivity contribution < 1.29 is 0 Å². The minimum absolute atomic E-state index is 0.549. The van der Waals surface area contributed by atoms with E-state index in [1.807, 2.05) is 6.92 Å². The summed E-state index contributed by atoms with van der Waals surface area (Å²) in [4.78, 5) is 11.6. The number of hydrogen-bond acceptors (Lipinski definition) is 4. The number of rotatable bonds is 4. The van der Waals surface area contributed by atoms with E-state index in [9.17, 15) is 0 Å². The first-order chi connectivity index (χ1) is 11.5. The Morgan fingerprint density at radius 2 is 1.92 bits per heavy atom. The number of benzene rings is 1. The molecule has 4 heteroatoms. The van der Waals surface area contributed by atoms with Crippen molar-refractivity contribution in [3.63, 3.8) is 0 Å². The Hall–Kier alpha value is -2.10. The molecule has 1 fully saturated rings. The van der Waals surface area contributed by atoms with Crippen molar-refractivity contribution in [2.24, 2.45) is 5.92 Å². The fourth-order valence-corrected chi connectivity index (χ4v) is 3.27. The van der Waals surface area contributed by atoms with Crippen LogP contribution in [0.2, 0.25) is 0 Å². The highest BCUT2D eigenvalue weighted by atomic mass is 15.2. The fourth-order valence-electron chi connectivity index (χ4n) is 3.27. The Morgan fingerprint density at radius 3 is 2.58 bits per heavy atom. The number of nitrogens with zero attached hydrogens (tertiary/aromatic N) is 3. The monoisotopic (exact) mass is 324 g/mol. The van der Waals surface area contributed by atoms with Gasteiger partial charge >= 0.3 is 0 Å². The smallest absolute Gasteiger partial charge is 0.136 e. The maximum absolute atomic E-state index is 4.65. The second-order valence-corrected chi connectivity index (χ2v) is 7.25. The van der Waals surface area contributed by atoms with Crippen LogP contribution in [0.4, 0.5) is 17.3 Å². The molecular weight excluding hydrogens is 296 g/mol. The van der Waals surface area contributed by atoms with Crippen molar-refractivity contribution in [3.8, 4) is 0 Å². The summed E-state index contributed by atoms with van der Waals surface area (Å²) >= 11 is 0. The molecule has 2 aromatic rings. The number of piperidine rings is 1. The Morgan fingerprint density at radius 1 is 1.17 bits per heavy atom. The number of hydrogen-bond donors (Lipinski definition) is 1. The van der Waals surface area contributed by atoms with Gasteiger partial charge in [0.25, 0.3) is 0 Å². The van der Waals surface area contributed by atoms with E-state index in [0.29, 0.717) is 5.92 Å². The lowest BCUT2D eigenvalue weighted by Crippen LogP contribution is -2.35. The molecule has 24 heavy (non-hydrogen) atoms. The van der Waals surface area contributed by atoms with Crippen LogP contribution in [0.15, 0.2) is 30.3 Å². The largest absolute Gasteiger partial charge is 0.356 e. The first kappa shape index (κ1) is 16.7. The molecule has 1 aliphatic heterocycles. The molecule has 4 nitrogen and oxygen atoms in total. The molecule has 1 saturated heterocycles. The molecule has 1 N–H and O–H groups in total. The van der Waals surface area contributed by atoms with Crippen LogP contribution in [0, 0.1) is 12.8 Å². The number of nitrogens with one attached hydrogen (secondary N) is 1. The van der Waals surface area contributed by atoms with E-state index in [4.69, 9.17) is 0 Å². The summed E-state index contributed by atoms with van der Waals surface area (Å²) in [7, 11) is 0. The van der Waals surface area contributed by atoms with E-state index < -0.39 is 0 Å². The third kappa shape index (κ3) is 4.05. The minimum atomic E-state index is 0.549. The maximum atomic E-state index is 4.65. The minimum Gasteiger partial charge on any atom is -0.356 e. The molecule has 0 aliphatic carbocycles. The van der Waals surface area contributed by atoms with Crippen molar-refractivity contribution in [1.29, 1.82) is 0 Å². The quantitative estimate of drug-likeness (QED) is 0.869. The Labute approximate surface area is 145 Å². The molecule has 1 aliphatic rings. The van der Waals surface area contributed by atoms with Gasteiger partial charge in [-0.1, -0.05) is 32.9 Å². The molecule has 0 spiro atoms. The molecule has 0 bridgehead atoms. The van der Waals surface area contributed by atoms with Crippen LogP contribution < -0.4 is 10.2 Å². The molecule has 1 unspecified atom stereocenters. The molecule has 128 valence electrons. The van der Waals surface area contributed by atoms with Gasteiger partial charge in [-0.25, -0.2) is 9.97 Å². The average Bonchev–Trinajstić information content (AvgIpc) is 2.55. The molecule has 0 amide bonds. The Kier molecular flexibility index (Phi) is 5.03. The summed E-state index contributed by atoms with van der Waals surface area (Å²) in [6, 6.07) is 10.7. The summed E-state index contributed by atoms with van der Waals surface area (Å²) in [5, 5.41) is 3.42. The molecule has 1 aromatic carbocycles. The maximum Gasteiger partial charge on any atom is 0.136 e. The summed E-state index contributed by atoms with van der Waals surface area (Å²) in [6.07, 6.45) is 2.55. The molecule has 0 radical (unpaired) electrons. The fraction of sp³-hybridized carbons (Fsp3) is 0.500. The van der Waals surface area contributed by atoms with Crippen LogP contribution in [0.25, 0.3) is 0 Å². The van der Waals surface area contributed by atoms with Crippen molar-refractivity contribution in [3.05, 3.63) is 41.7 Å². The van der Waals surface area contributed by atoms with E-state index >= 15 is 0 Å². The SMILES string of the molecule is Cc1nc(Nc2ccc(C(C)C)cc2)cc(N2CCCC(C)C2)n1. The van der Waals surface area contributed by atoms with Crippen molar-refractivity contribution in [2.45, 2.75) is 46.5 Å². The van der Waals surface area contributed by atoms with Crippen LogP contribution in [0.5, 0.6) is 0 Å². The van der Waals surface area contributed by atoms with Gasteiger partial charge in [-0.3, -0.25) is 0 Å². The molecular formula is C20H28N4. The second-order valence-electron chi connectivity index (χ2n) is 7.25. The van der Waals surface area contributed by atoms with Crippen LogP contribution in [0.3, 0.4) is 0 Å². The average molecular weight is 324 g/mol. The van der Waals surface area contributed by atoms with Crippen LogP contribution in [0.1, 0.15) is 50.9 Å². The van der Waals surface area contributed by atoms with Crippen molar-refractivity contribution in [1.82, 2.24) is 9.97 Å². The summed E-state index contributed by atoms with van der Waals surface area (Å²) in [6.45, 7) is 10.9. The number of aromatic nitrogens is 2.